The molecule has 0 aliphatic rings. The van der Waals surface area contributed by atoms with Crippen molar-refractivity contribution in [3.8, 4) is 11.6 Å². The SMILES string of the molecule is COc1c(CC(=O)O)cnn1-c1ccccc1Cl. The molecule has 0 aliphatic carbocycles. The molecule has 6 heteroatoms. The molecule has 94 valence electrons. The van der Waals surface area contributed by atoms with Crippen LogP contribution >= 0.6 is 11.6 Å². The van der Waals surface area contributed by atoms with Crippen LogP contribution < -0.4 is 4.74 Å². The fraction of sp³-hybridized carbons (Fsp3) is 0.167. The van der Waals surface area contributed by atoms with Gasteiger partial charge in [-0.3, -0.25) is 4.79 Å². The van der Waals surface area contributed by atoms with Gasteiger partial charge < -0.3 is 9.84 Å². The second-order valence-corrected chi connectivity index (χ2v) is 4.02. The van der Waals surface area contributed by atoms with Gasteiger partial charge in [0.15, 0.2) is 0 Å². The average molecular weight is 267 g/mol. The third-order valence-electron chi connectivity index (χ3n) is 2.41. The molecular formula is C12H11ClN2O3. The van der Waals surface area contributed by atoms with E-state index in [1.807, 2.05) is 6.07 Å². The van der Waals surface area contributed by atoms with Gasteiger partial charge in [-0.1, -0.05) is 23.7 Å². The Bertz CT molecular complexity index is 580. The predicted octanol–water partition coefficient (Wildman–Crippen LogP) is 2.16. The van der Waals surface area contributed by atoms with Crippen molar-refractivity contribution in [1.82, 2.24) is 9.78 Å². The fourth-order valence-corrected chi connectivity index (χ4v) is 1.88. The zero-order valence-corrected chi connectivity index (χ0v) is 10.4. The molecule has 0 amide bonds. The van der Waals surface area contributed by atoms with E-state index in [2.05, 4.69) is 5.10 Å². The number of carboxylic acids is 1. The normalized spacial score (nSPS) is 10.3. The average Bonchev–Trinajstić information content (AvgIpc) is 2.71. The maximum Gasteiger partial charge on any atom is 0.308 e. The van der Waals surface area contributed by atoms with E-state index < -0.39 is 5.97 Å². The van der Waals surface area contributed by atoms with Crippen LogP contribution in [0.15, 0.2) is 30.5 Å². The second-order valence-electron chi connectivity index (χ2n) is 3.61. The summed E-state index contributed by atoms with van der Waals surface area (Å²) in [5.74, 6) is -0.558. The summed E-state index contributed by atoms with van der Waals surface area (Å²) < 4.78 is 6.69. The highest BCUT2D eigenvalue weighted by atomic mass is 35.5. The summed E-state index contributed by atoms with van der Waals surface area (Å²) in [7, 11) is 1.47. The summed E-state index contributed by atoms with van der Waals surface area (Å²) in [5, 5.41) is 13.4. The van der Waals surface area contributed by atoms with Crippen LogP contribution in [0, 0.1) is 0 Å². The summed E-state index contributed by atoms with van der Waals surface area (Å²) in [6, 6.07) is 7.14. The van der Waals surface area contributed by atoms with Gasteiger partial charge in [0.25, 0.3) is 0 Å². The number of nitrogens with zero attached hydrogens (tertiary/aromatic N) is 2. The molecule has 0 aliphatic heterocycles. The second kappa shape index (κ2) is 5.10. The van der Waals surface area contributed by atoms with E-state index in [1.165, 1.54) is 18.0 Å². The largest absolute Gasteiger partial charge is 0.481 e. The molecule has 0 fully saturated rings. The zero-order valence-electron chi connectivity index (χ0n) is 9.63. The highest BCUT2D eigenvalue weighted by Crippen LogP contribution is 2.27. The maximum absolute atomic E-state index is 10.7. The van der Waals surface area contributed by atoms with Gasteiger partial charge in [0.05, 0.1) is 30.4 Å². The van der Waals surface area contributed by atoms with Crippen molar-refractivity contribution in [2.75, 3.05) is 7.11 Å². The molecule has 1 aromatic carbocycles. The molecule has 1 aromatic heterocycles. The van der Waals surface area contributed by atoms with Gasteiger partial charge in [0.2, 0.25) is 5.88 Å². The van der Waals surface area contributed by atoms with Crippen LogP contribution in [-0.4, -0.2) is 28.0 Å². The van der Waals surface area contributed by atoms with Gasteiger partial charge in [-0.05, 0) is 12.1 Å². The minimum absolute atomic E-state index is 0.145. The smallest absolute Gasteiger partial charge is 0.308 e. The van der Waals surface area contributed by atoms with E-state index in [1.54, 1.807) is 18.2 Å². The van der Waals surface area contributed by atoms with Crippen LogP contribution in [0.25, 0.3) is 5.69 Å². The van der Waals surface area contributed by atoms with Crippen LogP contribution in [0.3, 0.4) is 0 Å². The van der Waals surface area contributed by atoms with E-state index in [0.717, 1.165) is 0 Å². The van der Waals surface area contributed by atoms with E-state index in [0.29, 0.717) is 22.2 Å². The van der Waals surface area contributed by atoms with Gasteiger partial charge in [-0.2, -0.15) is 9.78 Å². The fourth-order valence-electron chi connectivity index (χ4n) is 1.67. The number of benzene rings is 1. The number of carboxylic acid groups (broad SMARTS) is 1. The molecular weight excluding hydrogens is 256 g/mol. The number of hydrogen-bond donors (Lipinski definition) is 1. The number of carbonyl (C=O) groups is 1. The van der Waals surface area contributed by atoms with Crippen molar-refractivity contribution in [2.24, 2.45) is 0 Å². The molecule has 0 saturated heterocycles. The van der Waals surface area contributed by atoms with Gasteiger partial charge in [-0.15, -0.1) is 0 Å². The van der Waals surface area contributed by atoms with Crippen molar-refractivity contribution >= 4 is 17.6 Å². The van der Waals surface area contributed by atoms with Gasteiger partial charge in [-0.25, -0.2) is 0 Å². The molecule has 0 saturated carbocycles. The first-order valence-corrected chi connectivity index (χ1v) is 5.59. The third kappa shape index (κ3) is 2.31. The summed E-state index contributed by atoms with van der Waals surface area (Å²) in [6.45, 7) is 0. The molecule has 5 nitrogen and oxygen atoms in total. The molecule has 0 atom stereocenters. The van der Waals surface area contributed by atoms with Gasteiger partial charge in [0, 0.05) is 5.56 Å². The van der Waals surface area contributed by atoms with Crippen LogP contribution in [-0.2, 0) is 11.2 Å². The molecule has 0 unspecified atom stereocenters. The first-order valence-electron chi connectivity index (χ1n) is 5.21. The van der Waals surface area contributed by atoms with E-state index in [-0.39, 0.29) is 6.42 Å². The lowest BCUT2D eigenvalue weighted by atomic mass is 10.2. The summed E-state index contributed by atoms with van der Waals surface area (Å²) in [6.07, 6.45) is 1.32. The molecule has 0 bridgehead atoms. The standard InChI is InChI=1S/C12H11ClN2O3/c1-18-12-8(6-11(16)17)7-14-15(12)10-5-3-2-4-9(10)13/h2-5,7H,6H2,1H3,(H,16,17). The Morgan fingerprint density at radius 2 is 2.22 bits per heavy atom. The van der Waals surface area contributed by atoms with E-state index >= 15 is 0 Å². The minimum Gasteiger partial charge on any atom is -0.481 e. The predicted molar refractivity (Wildman–Crippen MR) is 66.5 cm³/mol. The topological polar surface area (TPSA) is 64.3 Å². The Hall–Kier alpha value is -2.01. The first kappa shape index (κ1) is 12.4. The molecule has 1 heterocycles. The van der Waals surface area contributed by atoms with Crippen molar-refractivity contribution in [3.05, 3.63) is 41.0 Å². The minimum atomic E-state index is -0.938. The molecule has 0 spiro atoms. The van der Waals surface area contributed by atoms with Crippen LogP contribution in [0.2, 0.25) is 5.02 Å². The first-order chi connectivity index (χ1) is 8.63. The van der Waals surface area contributed by atoms with Gasteiger partial charge in [0.1, 0.15) is 0 Å². The lowest BCUT2D eigenvalue weighted by molar-refractivity contribution is -0.136. The van der Waals surface area contributed by atoms with Crippen LogP contribution in [0.4, 0.5) is 0 Å². The Kier molecular flexibility index (Phi) is 3.53. The van der Waals surface area contributed by atoms with Crippen LogP contribution in [0.1, 0.15) is 5.56 Å². The van der Waals surface area contributed by atoms with Crippen molar-refractivity contribution in [3.63, 3.8) is 0 Å². The summed E-state index contributed by atoms with van der Waals surface area (Å²) in [4.78, 5) is 10.7. The number of para-hydroxylation sites is 1. The Balaban J connectivity index is 2.49. The lowest BCUT2D eigenvalue weighted by Crippen LogP contribution is -2.04. The Morgan fingerprint density at radius 3 is 2.83 bits per heavy atom. The summed E-state index contributed by atoms with van der Waals surface area (Å²) >= 11 is 6.07. The molecule has 2 rings (SSSR count). The molecule has 2 aromatic rings. The highest BCUT2D eigenvalue weighted by molar-refractivity contribution is 6.32. The monoisotopic (exact) mass is 266 g/mol. The van der Waals surface area contributed by atoms with Crippen molar-refractivity contribution in [2.45, 2.75) is 6.42 Å². The highest BCUT2D eigenvalue weighted by Gasteiger charge is 2.16. The quantitative estimate of drug-likeness (QED) is 0.921. The number of ether oxygens (including phenoxy) is 1. The van der Waals surface area contributed by atoms with E-state index in [4.69, 9.17) is 21.4 Å². The van der Waals surface area contributed by atoms with Crippen molar-refractivity contribution in [1.29, 1.82) is 0 Å². The number of rotatable bonds is 4. The van der Waals surface area contributed by atoms with Crippen molar-refractivity contribution < 1.29 is 14.6 Å². The van der Waals surface area contributed by atoms with E-state index in [9.17, 15) is 4.79 Å². The van der Waals surface area contributed by atoms with Crippen LogP contribution in [0.5, 0.6) is 5.88 Å². The number of aliphatic carboxylic acids is 1. The van der Waals surface area contributed by atoms with Gasteiger partial charge >= 0.3 is 5.97 Å². The number of aromatic nitrogens is 2. The Labute approximate surface area is 109 Å². The number of methoxy groups -OCH3 is 1. The summed E-state index contributed by atoms with van der Waals surface area (Å²) in [5.41, 5.74) is 1.15. The molecule has 18 heavy (non-hydrogen) atoms. The number of hydrogen-bond acceptors (Lipinski definition) is 3. The molecule has 0 radical (unpaired) electrons. The lowest BCUT2D eigenvalue weighted by Gasteiger charge is -2.08. The Morgan fingerprint density at radius 1 is 1.50 bits per heavy atom. The molecule has 1 N–H and O–H groups in total. The maximum atomic E-state index is 10.7. The zero-order chi connectivity index (χ0) is 13.1. The third-order valence-corrected chi connectivity index (χ3v) is 2.73. The number of halogens is 1.